The van der Waals surface area contributed by atoms with Gasteiger partial charge in [0.25, 0.3) is 0 Å². The summed E-state index contributed by atoms with van der Waals surface area (Å²) in [5.74, 6) is 0.884. The van der Waals surface area contributed by atoms with Crippen LogP contribution < -0.4 is 0 Å². The first-order chi connectivity index (χ1) is 5.10. The molecule has 0 heteroatoms. The molecule has 0 rings (SSSR count). The van der Waals surface area contributed by atoms with E-state index in [1.54, 1.807) is 6.08 Å². The summed E-state index contributed by atoms with van der Waals surface area (Å²) in [5.41, 5.74) is 0. The van der Waals surface area contributed by atoms with E-state index in [4.69, 9.17) is 0 Å². The molecule has 0 saturated carbocycles. The Kier molecular flexibility index (Phi) is 34.9. The van der Waals surface area contributed by atoms with Gasteiger partial charge in [0.1, 0.15) is 0 Å². The molecule has 0 aliphatic heterocycles. The molecule has 0 saturated heterocycles. The van der Waals surface area contributed by atoms with Crippen LogP contribution in [0.1, 0.15) is 54.4 Å². The molecule has 0 fully saturated rings. The van der Waals surface area contributed by atoms with Crippen LogP contribution >= 0.6 is 0 Å². The molecular formula is C11H26. The van der Waals surface area contributed by atoms with Gasteiger partial charge in [-0.3, -0.25) is 0 Å². The number of allylic oxidation sites excluding steroid dienone is 1. The van der Waals surface area contributed by atoms with Gasteiger partial charge in [-0.05, 0) is 12.8 Å². The average Bonchev–Trinajstić information content (AvgIpc) is 1.91. The van der Waals surface area contributed by atoms with Crippen LogP contribution in [0.25, 0.3) is 0 Å². The monoisotopic (exact) mass is 158 g/mol. The fourth-order valence-electron chi connectivity index (χ4n) is 0. The van der Waals surface area contributed by atoms with Crippen molar-refractivity contribution in [2.45, 2.75) is 54.4 Å². The summed E-state index contributed by atoms with van der Waals surface area (Å²) >= 11 is 0. The Morgan fingerprint density at radius 2 is 1.27 bits per heavy atom. The second-order valence-electron chi connectivity index (χ2n) is 2.92. The van der Waals surface area contributed by atoms with Gasteiger partial charge in [0.15, 0.2) is 0 Å². The third-order valence-corrected chi connectivity index (χ3v) is 0.816. The zero-order chi connectivity index (χ0) is 9.70. The topological polar surface area (TPSA) is 0 Å². The molecule has 0 aromatic heterocycles. The number of rotatable bonds is 1. The Bertz CT molecular complexity index is 44.0. The van der Waals surface area contributed by atoms with Gasteiger partial charge < -0.3 is 0 Å². The van der Waals surface area contributed by atoms with Crippen molar-refractivity contribution in [3.63, 3.8) is 0 Å². The maximum absolute atomic E-state index is 3.36. The highest BCUT2D eigenvalue weighted by molar-refractivity contribution is 4.51. The van der Waals surface area contributed by atoms with E-state index in [1.807, 2.05) is 6.92 Å². The lowest BCUT2D eigenvalue weighted by Gasteiger charge is -1.90. The SMILES string of the molecule is C=CC.CCC.CCC(C)C. The minimum atomic E-state index is 0.884. The Morgan fingerprint density at radius 3 is 1.27 bits per heavy atom. The van der Waals surface area contributed by atoms with Crippen LogP contribution in [0, 0.1) is 5.92 Å². The number of hydrogen-bond acceptors (Lipinski definition) is 0. The van der Waals surface area contributed by atoms with Crippen molar-refractivity contribution >= 4 is 0 Å². The van der Waals surface area contributed by atoms with Crippen molar-refractivity contribution < 1.29 is 0 Å². The summed E-state index contributed by atoms with van der Waals surface area (Å²) in [6.45, 7) is 16.1. The maximum Gasteiger partial charge on any atom is -0.0473 e. The lowest BCUT2D eigenvalue weighted by Crippen LogP contribution is -1.77. The predicted molar refractivity (Wildman–Crippen MR) is 57.0 cm³/mol. The zero-order valence-electron chi connectivity index (χ0n) is 9.28. The minimum Gasteiger partial charge on any atom is -0.103 e. The van der Waals surface area contributed by atoms with E-state index < -0.39 is 0 Å². The lowest BCUT2D eigenvalue weighted by molar-refractivity contribution is 0.626. The van der Waals surface area contributed by atoms with Crippen molar-refractivity contribution in [3.8, 4) is 0 Å². The third-order valence-electron chi connectivity index (χ3n) is 0.816. The summed E-state index contributed by atoms with van der Waals surface area (Å²) in [5, 5.41) is 0. The Morgan fingerprint density at radius 1 is 1.18 bits per heavy atom. The highest BCUT2D eigenvalue weighted by Gasteiger charge is 1.80. The van der Waals surface area contributed by atoms with Gasteiger partial charge in [-0.25, -0.2) is 0 Å². The van der Waals surface area contributed by atoms with E-state index in [0.29, 0.717) is 0 Å². The summed E-state index contributed by atoms with van der Waals surface area (Å²) < 4.78 is 0. The van der Waals surface area contributed by atoms with Crippen LogP contribution in [0.3, 0.4) is 0 Å². The first-order valence-electron chi connectivity index (χ1n) is 4.67. The van der Waals surface area contributed by atoms with E-state index in [2.05, 4.69) is 41.2 Å². The summed E-state index contributed by atoms with van der Waals surface area (Å²) in [4.78, 5) is 0. The number of hydrogen-bond donors (Lipinski definition) is 0. The highest BCUT2D eigenvalue weighted by Crippen LogP contribution is 1.93. The first-order valence-corrected chi connectivity index (χ1v) is 4.67. The van der Waals surface area contributed by atoms with Crippen LogP contribution in [0.2, 0.25) is 0 Å². The van der Waals surface area contributed by atoms with E-state index >= 15 is 0 Å². The van der Waals surface area contributed by atoms with Crippen molar-refractivity contribution in [1.29, 1.82) is 0 Å². The Labute approximate surface area is 73.7 Å². The molecule has 0 heterocycles. The summed E-state index contributed by atoms with van der Waals surface area (Å²) in [7, 11) is 0. The quantitative estimate of drug-likeness (QED) is 0.487. The molecule has 0 aromatic rings. The van der Waals surface area contributed by atoms with Gasteiger partial charge in [-0.1, -0.05) is 53.5 Å². The van der Waals surface area contributed by atoms with Crippen LogP contribution in [0.5, 0.6) is 0 Å². The molecule has 0 N–H and O–H groups in total. The van der Waals surface area contributed by atoms with E-state index in [9.17, 15) is 0 Å². The molecule has 0 bridgehead atoms. The zero-order valence-corrected chi connectivity index (χ0v) is 9.28. The second kappa shape index (κ2) is 22.6. The Hall–Kier alpha value is -0.260. The molecular weight excluding hydrogens is 132 g/mol. The molecule has 0 unspecified atom stereocenters. The van der Waals surface area contributed by atoms with Gasteiger partial charge in [-0.2, -0.15) is 0 Å². The van der Waals surface area contributed by atoms with Crippen LogP contribution in [-0.2, 0) is 0 Å². The summed E-state index contributed by atoms with van der Waals surface area (Å²) in [6.07, 6.45) is 4.31. The van der Waals surface area contributed by atoms with Crippen LogP contribution in [0.4, 0.5) is 0 Å². The fraction of sp³-hybridized carbons (Fsp3) is 0.818. The minimum absolute atomic E-state index is 0.884. The van der Waals surface area contributed by atoms with Gasteiger partial charge >= 0.3 is 0 Å². The van der Waals surface area contributed by atoms with Crippen molar-refractivity contribution in [1.82, 2.24) is 0 Å². The molecule has 0 atom stereocenters. The average molecular weight is 158 g/mol. The van der Waals surface area contributed by atoms with Crippen LogP contribution in [0.15, 0.2) is 12.7 Å². The standard InChI is InChI=1S/C5H12.C3H8.C3H6/c1-4-5(2)3;2*1-3-2/h5H,4H2,1-3H3;3H2,1-2H3;3H,1H2,2H3. The van der Waals surface area contributed by atoms with Crippen molar-refractivity contribution in [2.24, 2.45) is 5.92 Å². The second-order valence-corrected chi connectivity index (χ2v) is 2.92. The molecule has 0 amide bonds. The molecule has 11 heavy (non-hydrogen) atoms. The normalized spacial score (nSPS) is 7.18. The smallest absolute Gasteiger partial charge is 0.0473 e. The molecule has 0 aromatic carbocycles. The first kappa shape index (κ1) is 17.0. The molecule has 0 nitrogen and oxygen atoms in total. The molecule has 0 aliphatic carbocycles. The van der Waals surface area contributed by atoms with Gasteiger partial charge in [-0.15, -0.1) is 6.58 Å². The molecule has 0 spiro atoms. The van der Waals surface area contributed by atoms with E-state index in [-0.39, 0.29) is 0 Å². The third kappa shape index (κ3) is 193. The fourth-order valence-corrected chi connectivity index (χ4v) is 0. The molecule has 0 aliphatic rings. The van der Waals surface area contributed by atoms with E-state index in [0.717, 1.165) is 5.92 Å². The van der Waals surface area contributed by atoms with Crippen molar-refractivity contribution in [3.05, 3.63) is 12.7 Å². The largest absolute Gasteiger partial charge is 0.103 e. The summed E-state index contributed by atoms with van der Waals surface area (Å²) in [6, 6.07) is 0. The van der Waals surface area contributed by atoms with E-state index in [1.165, 1.54) is 12.8 Å². The van der Waals surface area contributed by atoms with Crippen LogP contribution in [-0.4, -0.2) is 0 Å². The molecule has 0 radical (unpaired) electrons. The van der Waals surface area contributed by atoms with Crippen molar-refractivity contribution in [2.75, 3.05) is 0 Å². The predicted octanol–water partition coefficient (Wildman–Crippen LogP) is 4.66. The van der Waals surface area contributed by atoms with Gasteiger partial charge in [0, 0.05) is 0 Å². The lowest BCUT2D eigenvalue weighted by atomic mass is 10.2. The van der Waals surface area contributed by atoms with Gasteiger partial charge in [0.2, 0.25) is 0 Å². The maximum atomic E-state index is 3.36. The van der Waals surface area contributed by atoms with Gasteiger partial charge in [0.05, 0.1) is 0 Å². The Balaban J connectivity index is -0.0000000933. The molecule has 70 valence electrons. The highest BCUT2D eigenvalue weighted by atomic mass is 13.9.